The fourth-order valence-electron chi connectivity index (χ4n) is 8.34. The van der Waals surface area contributed by atoms with Crippen LogP contribution >= 0.6 is 0 Å². The van der Waals surface area contributed by atoms with Crippen LogP contribution in [0, 0.1) is 0 Å². The van der Waals surface area contributed by atoms with Crippen LogP contribution in [0.5, 0.6) is 0 Å². The van der Waals surface area contributed by atoms with Crippen molar-refractivity contribution in [3.05, 3.63) is 200 Å². The molecule has 3 aromatic heterocycles. The molecule has 0 bridgehead atoms. The van der Waals surface area contributed by atoms with Crippen LogP contribution in [0.3, 0.4) is 0 Å². The van der Waals surface area contributed by atoms with Gasteiger partial charge in [0.2, 0.25) is 0 Å². The van der Waals surface area contributed by atoms with Crippen LogP contribution in [-0.4, -0.2) is 9.55 Å². The summed E-state index contributed by atoms with van der Waals surface area (Å²) in [7, 11) is 0. The Morgan fingerprint density at radius 3 is 1.78 bits per heavy atom. The Hall–Kier alpha value is -7.43. The largest absolute Gasteiger partial charge is 0.454 e. The molecule has 0 unspecified atom stereocenters. The van der Waals surface area contributed by atoms with Gasteiger partial charge in [0, 0.05) is 50.2 Å². The molecule has 3 heterocycles. The minimum Gasteiger partial charge on any atom is -0.454 e. The first kappa shape index (κ1) is 31.1. The highest BCUT2D eigenvalue weighted by atomic mass is 16.3. The van der Waals surface area contributed by atoms with Crippen molar-refractivity contribution in [2.45, 2.75) is 0 Å². The van der Waals surface area contributed by atoms with E-state index in [1.807, 2.05) is 12.3 Å². The van der Waals surface area contributed by atoms with Crippen molar-refractivity contribution >= 4 is 71.6 Å². The van der Waals surface area contributed by atoms with Crippen LogP contribution in [0.15, 0.2) is 205 Å². The Bertz CT molecular complexity index is 3140. The predicted octanol–water partition coefficient (Wildman–Crippen LogP) is 14.0. The molecular formula is C51H33N3O. The van der Waals surface area contributed by atoms with Crippen LogP contribution < -0.4 is 4.90 Å². The molecule has 0 spiro atoms. The van der Waals surface area contributed by atoms with E-state index in [2.05, 4.69) is 196 Å². The Balaban J connectivity index is 1.06. The average Bonchev–Trinajstić information content (AvgIpc) is 3.80. The van der Waals surface area contributed by atoms with E-state index in [1.54, 1.807) is 6.20 Å². The SMILES string of the molecule is c1ccc(-c2ccc(N(c3ccc4oc5cnccc5c4c3)c3ccc(-c4ccc(-n5c6ccccc6c6ccccc65)cc4)c4ccccc34)cc2)cc1. The normalized spacial score (nSPS) is 11.6. The summed E-state index contributed by atoms with van der Waals surface area (Å²) in [5.74, 6) is 0. The molecule has 258 valence electrons. The van der Waals surface area contributed by atoms with Crippen molar-refractivity contribution in [1.29, 1.82) is 0 Å². The second kappa shape index (κ2) is 12.6. The minimum atomic E-state index is 0.785. The van der Waals surface area contributed by atoms with E-state index < -0.39 is 0 Å². The van der Waals surface area contributed by atoms with Gasteiger partial charge < -0.3 is 13.9 Å². The van der Waals surface area contributed by atoms with Gasteiger partial charge in [-0.25, -0.2) is 0 Å². The summed E-state index contributed by atoms with van der Waals surface area (Å²) in [5, 5.41) is 7.00. The zero-order chi connectivity index (χ0) is 36.3. The monoisotopic (exact) mass is 703 g/mol. The predicted molar refractivity (Wildman–Crippen MR) is 229 cm³/mol. The molecule has 11 rings (SSSR count). The third-order valence-corrected chi connectivity index (χ3v) is 10.9. The molecule has 0 fully saturated rings. The van der Waals surface area contributed by atoms with Crippen LogP contribution in [-0.2, 0) is 0 Å². The number of pyridine rings is 1. The zero-order valence-corrected chi connectivity index (χ0v) is 29.8. The van der Waals surface area contributed by atoms with E-state index in [1.165, 1.54) is 54.8 Å². The maximum Gasteiger partial charge on any atom is 0.153 e. The molecule has 0 aliphatic carbocycles. The van der Waals surface area contributed by atoms with Gasteiger partial charge in [0.1, 0.15) is 5.58 Å². The fourth-order valence-corrected chi connectivity index (χ4v) is 8.34. The maximum absolute atomic E-state index is 6.19. The number of benzene rings is 8. The Labute approximate surface area is 317 Å². The molecule has 4 nitrogen and oxygen atoms in total. The smallest absolute Gasteiger partial charge is 0.153 e. The topological polar surface area (TPSA) is 34.2 Å². The summed E-state index contributed by atoms with van der Waals surface area (Å²) in [4.78, 5) is 6.66. The third-order valence-electron chi connectivity index (χ3n) is 10.9. The zero-order valence-electron chi connectivity index (χ0n) is 29.8. The van der Waals surface area contributed by atoms with Gasteiger partial charge in [-0.1, -0.05) is 121 Å². The van der Waals surface area contributed by atoms with Crippen LogP contribution in [0.2, 0.25) is 0 Å². The van der Waals surface area contributed by atoms with Gasteiger partial charge in [-0.15, -0.1) is 0 Å². The van der Waals surface area contributed by atoms with Crippen molar-refractivity contribution in [2.24, 2.45) is 0 Å². The molecular weight excluding hydrogens is 671 g/mol. The molecule has 8 aromatic carbocycles. The highest BCUT2D eigenvalue weighted by Gasteiger charge is 2.20. The first-order chi connectivity index (χ1) is 27.3. The van der Waals surface area contributed by atoms with Crippen molar-refractivity contribution < 1.29 is 4.42 Å². The van der Waals surface area contributed by atoms with Gasteiger partial charge in [-0.3, -0.25) is 4.98 Å². The summed E-state index contributed by atoms with van der Waals surface area (Å²) >= 11 is 0. The van der Waals surface area contributed by atoms with E-state index >= 15 is 0 Å². The molecule has 0 N–H and O–H groups in total. The second-order valence-electron chi connectivity index (χ2n) is 14.0. The van der Waals surface area contributed by atoms with Gasteiger partial charge in [0.15, 0.2) is 5.58 Å². The fraction of sp³-hybridized carbons (Fsp3) is 0. The number of rotatable bonds is 6. The molecule has 0 aliphatic rings. The molecule has 0 aliphatic heterocycles. The van der Waals surface area contributed by atoms with E-state index in [0.717, 1.165) is 44.7 Å². The highest BCUT2D eigenvalue weighted by Crippen LogP contribution is 2.44. The molecule has 55 heavy (non-hydrogen) atoms. The second-order valence-corrected chi connectivity index (χ2v) is 14.0. The minimum absolute atomic E-state index is 0.785. The number of furan rings is 1. The number of para-hydroxylation sites is 2. The number of hydrogen-bond acceptors (Lipinski definition) is 3. The molecule has 0 radical (unpaired) electrons. The molecule has 4 heteroatoms. The third kappa shape index (κ3) is 5.11. The number of fused-ring (bicyclic) bond motifs is 7. The van der Waals surface area contributed by atoms with E-state index in [9.17, 15) is 0 Å². The van der Waals surface area contributed by atoms with Gasteiger partial charge in [-0.2, -0.15) is 0 Å². The standard InChI is InChI=1S/C51H33N3O/c1-2-10-34(11-3-1)35-18-22-37(23-19-35)53(39-26-29-50-46(32-39)45-30-31-52-33-51(45)55-50)49-28-27-40(41-12-4-5-13-42(41)49)36-20-24-38(25-21-36)54-47-16-8-6-14-43(47)44-15-7-9-17-48(44)54/h1-33H. The van der Waals surface area contributed by atoms with Gasteiger partial charge in [0.05, 0.1) is 22.9 Å². The van der Waals surface area contributed by atoms with Crippen LogP contribution in [0.1, 0.15) is 0 Å². The number of anilines is 3. The molecule has 0 saturated heterocycles. The van der Waals surface area contributed by atoms with Crippen LogP contribution in [0.25, 0.3) is 82.5 Å². The Kier molecular flexibility index (Phi) is 7.14. The van der Waals surface area contributed by atoms with E-state index in [0.29, 0.717) is 0 Å². The lowest BCUT2D eigenvalue weighted by molar-refractivity contribution is 0.667. The van der Waals surface area contributed by atoms with Crippen LogP contribution in [0.4, 0.5) is 17.1 Å². The van der Waals surface area contributed by atoms with Gasteiger partial charge in [-0.05, 0) is 94.4 Å². The summed E-state index contributed by atoms with van der Waals surface area (Å²) in [6, 6.07) is 67.5. The van der Waals surface area contributed by atoms with E-state index in [4.69, 9.17) is 4.42 Å². The first-order valence-electron chi connectivity index (χ1n) is 18.6. The summed E-state index contributed by atoms with van der Waals surface area (Å²) < 4.78 is 8.56. The lowest BCUT2D eigenvalue weighted by Gasteiger charge is -2.28. The average molecular weight is 704 g/mol. The molecule has 0 amide bonds. The number of nitrogens with zero attached hydrogens (tertiary/aromatic N) is 3. The van der Waals surface area contributed by atoms with Gasteiger partial charge in [0.25, 0.3) is 0 Å². The number of aromatic nitrogens is 2. The highest BCUT2D eigenvalue weighted by molar-refractivity contribution is 6.10. The van der Waals surface area contributed by atoms with Crippen molar-refractivity contribution in [3.8, 4) is 27.9 Å². The summed E-state index contributed by atoms with van der Waals surface area (Å²) in [6.45, 7) is 0. The lowest BCUT2D eigenvalue weighted by atomic mass is 9.96. The van der Waals surface area contributed by atoms with Crippen molar-refractivity contribution in [2.75, 3.05) is 4.90 Å². The van der Waals surface area contributed by atoms with E-state index in [-0.39, 0.29) is 0 Å². The van der Waals surface area contributed by atoms with Crippen molar-refractivity contribution in [1.82, 2.24) is 9.55 Å². The summed E-state index contributed by atoms with van der Waals surface area (Å²) in [6.07, 6.45) is 3.61. The Morgan fingerprint density at radius 2 is 1.04 bits per heavy atom. The quantitative estimate of drug-likeness (QED) is 0.173. The first-order valence-corrected chi connectivity index (χ1v) is 18.6. The van der Waals surface area contributed by atoms with Gasteiger partial charge >= 0.3 is 0 Å². The Morgan fingerprint density at radius 1 is 0.418 bits per heavy atom. The lowest BCUT2D eigenvalue weighted by Crippen LogP contribution is -2.10. The van der Waals surface area contributed by atoms with Crippen molar-refractivity contribution in [3.63, 3.8) is 0 Å². The maximum atomic E-state index is 6.19. The molecule has 0 atom stereocenters. The molecule has 11 aromatic rings. The molecule has 0 saturated carbocycles. The summed E-state index contributed by atoms with van der Waals surface area (Å²) in [5.41, 5.74) is 13.1. The number of hydrogen-bond donors (Lipinski definition) is 0.